The minimum absolute atomic E-state index is 0.229. The second-order valence-electron chi connectivity index (χ2n) is 6.12. The van der Waals surface area contributed by atoms with Crippen molar-refractivity contribution in [3.05, 3.63) is 29.3 Å². The van der Waals surface area contributed by atoms with Gasteiger partial charge in [-0.2, -0.15) is 0 Å². The van der Waals surface area contributed by atoms with Gasteiger partial charge in [0.2, 0.25) is 0 Å². The zero-order valence-corrected chi connectivity index (χ0v) is 13.1. The Balaban J connectivity index is 1.63. The third-order valence-electron chi connectivity index (χ3n) is 4.30. The predicted molar refractivity (Wildman–Crippen MR) is 82.8 cm³/mol. The molecule has 1 fully saturated rings. The van der Waals surface area contributed by atoms with E-state index in [0.717, 1.165) is 31.8 Å². The van der Waals surface area contributed by atoms with Crippen molar-refractivity contribution < 1.29 is 14.6 Å². The van der Waals surface area contributed by atoms with E-state index < -0.39 is 5.97 Å². The van der Waals surface area contributed by atoms with Crippen molar-refractivity contribution in [2.45, 2.75) is 27.2 Å². The molecule has 0 aliphatic carbocycles. The molecule has 1 saturated heterocycles. The Labute approximate surface area is 126 Å². The van der Waals surface area contributed by atoms with Gasteiger partial charge in [-0.3, -0.25) is 4.79 Å². The SMILES string of the molecule is Cc1ccc(C)c(OCCCN2CC(C(C)C(=O)O)C2)c1. The summed E-state index contributed by atoms with van der Waals surface area (Å²) in [4.78, 5) is 13.2. The Bertz CT molecular complexity index is 495. The molecule has 0 radical (unpaired) electrons. The van der Waals surface area contributed by atoms with Gasteiger partial charge < -0.3 is 14.7 Å². The molecule has 0 saturated carbocycles. The lowest BCUT2D eigenvalue weighted by Crippen LogP contribution is -2.51. The fraction of sp³-hybridized carbons (Fsp3) is 0.588. The summed E-state index contributed by atoms with van der Waals surface area (Å²) in [7, 11) is 0. The molecule has 1 atom stereocenters. The summed E-state index contributed by atoms with van der Waals surface area (Å²) in [5.74, 6) is 0.365. The van der Waals surface area contributed by atoms with Gasteiger partial charge in [0.25, 0.3) is 0 Å². The van der Waals surface area contributed by atoms with Crippen LogP contribution in [-0.4, -0.2) is 42.2 Å². The maximum Gasteiger partial charge on any atom is 0.306 e. The molecule has 1 unspecified atom stereocenters. The van der Waals surface area contributed by atoms with Crippen molar-refractivity contribution >= 4 is 5.97 Å². The highest BCUT2D eigenvalue weighted by molar-refractivity contribution is 5.70. The van der Waals surface area contributed by atoms with E-state index in [1.54, 1.807) is 6.92 Å². The first-order chi connectivity index (χ1) is 9.97. The minimum atomic E-state index is -0.682. The minimum Gasteiger partial charge on any atom is -0.493 e. The molecule has 0 aromatic heterocycles. The number of likely N-dealkylation sites (tertiary alicyclic amines) is 1. The van der Waals surface area contributed by atoms with Crippen LogP contribution in [0.25, 0.3) is 0 Å². The number of carboxylic acid groups (broad SMARTS) is 1. The van der Waals surface area contributed by atoms with E-state index in [4.69, 9.17) is 9.84 Å². The van der Waals surface area contributed by atoms with Gasteiger partial charge >= 0.3 is 5.97 Å². The van der Waals surface area contributed by atoms with E-state index >= 15 is 0 Å². The van der Waals surface area contributed by atoms with Crippen LogP contribution < -0.4 is 4.74 Å². The fourth-order valence-electron chi connectivity index (χ4n) is 2.64. The monoisotopic (exact) mass is 291 g/mol. The van der Waals surface area contributed by atoms with Crippen molar-refractivity contribution in [3.63, 3.8) is 0 Å². The van der Waals surface area contributed by atoms with Crippen LogP contribution in [0.4, 0.5) is 0 Å². The van der Waals surface area contributed by atoms with Crippen LogP contribution in [0, 0.1) is 25.7 Å². The van der Waals surface area contributed by atoms with Crippen LogP contribution in [0.3, 0.4) is 0 Å². The maximum atomic E-state index is 10.9. The molecule has 0 spiro atoms. The lowest BCUT2D eigenvalue weighted by Gasteiger charge is -2.41. The van der Waals surface area contributed by atoms with E-state index in [-0.39, 0.29) is 5.92 Å². The topological polar surface area (TPSA) is 49.8 Å². The summed E-state index contributed by atoms with van der Waals surface area (Å²) >= 11 is 0. The molecule has 0 bridgehead atoms. The zero-order chi connectivity index (χ0) is 15.4. The van der Waals surface area contributed by atoms with Gasteiger partial charge in [-0.1, -0.05) is 19.1 Å². The quantitative estimate of drug-likeness (QED) is 0.785. The summed E-state index contributed by atoms with van der Waals surface area (Å²) in [5.41, 5.74) is 2.38. The van der Waals surface area contributed by atoms with Gasteiger partial charge in [-0.25, -0.2) is 0 Å². The van der Waals surface area contributed by atoms with Gasteiger partial charge in [-0.15, -0.1) is 0 Å². The van der Waals surface area contributed by atoms with Crippen molar-refractivity contribution in [2.24, 2.45) is 11.8 Å². The van der Waals surface area contributed by atoms with Crippen LogP contribution in [0.1, 0.15) is 24.5 Å². The summed E-state index contributed by atoms with van der Waals surface area (Å²) in [6.07, 6.45) is 0.974. The summed E-state index contributed by atoms with van der Waals surface area (Å²) in [6, 6.07) is 6.24. The Morgan fingerprint density at radius 3 is 2.81 bits per heavy atom. The third-order valence-corrected chi connectivity index (χ3v) is 4.30. The molecule has 1 aliphatic rings. The summed E-state index contributed by atoms with van der Waals surface area (Å²) in [5, 5.41) is 8.95. The van der Waals surface area contributed by atoms with Gasteiger partial charge in [0.05, 0.1) is 12.5 Å². The molecule has 21 heavy (non-hydrogen) atoms. The van der Waals surface area contributed by atoms with Gasteiger partial charge in [-0.05, 0) is 43.4 Å². The van der Waals surface area contributed by atoms with E-state index in [9.17, 15) is 4.79 Å². The second-order valence-corrected chi connectivity index (χ2v) is 6.12. The number of aliphatic carboxylic acids is 1. The molecular formula is C17H25NO3. The molecule has 4 nitrogen and oxygen atoms in total. The fourth-order valence-corrected chi connectivity index (χ4v) is 2.64. The van der Waals surface area contributed by atoms with E-state index in [0.29, 0.717) is 12.5 Å². The number of rotatable bonds is 7. The molecule has 0 amide bonds. The molecular weight excluding hydrogens is 266 g/mol. The Hall–Kier alpha value is -1.55. The van der Waals surface area contributed by atoms with Gasteiger partial charge in [0.15, 0.2) is 0 Å². The van der Waals surface area contributed by atoms with Crippen LogP contribution in [0.2, 0.25) is 0 Å². The molecule has 1 heterocycles. The Morgan fingerprint density at radius 2 is 2.14 bits per heavy atom. The Kier molecular flexibility index (Phi) is 5.23. The van der Waals surface area contributed by atoms with Crippen molar-refractivity contribution in [1.82, 2.24) is 4.90 Å². The normalized spacial score (nSPS) is 17.3. The van der Waals surface area contributed by atoms with E-state index in [1.807, 2.05) is 0 Å². The first kappa shape index (κ1) is 15.8. The molecule has 1 N–H and O–H groups in total. The number of nitrogens with zero attached hydrogens (tertiary/aromatic N) is 1. The number of carbonyl (C=O) groups is 1. The lowest BCUT2D eigenvalue weighted by atomic mass is 9.87. The van der Waals surface area contributed by atoms with Gasteiger partial charge in [0, 0.05) is 19.6 Å². The number of aryl methyl sites for hydroxylation is 2. The molecule has 1 aromatic rings. The highest BCUT2D eigenvalue weighted by Gasteiger charge is 2.33. The number of hydrogen-bond donors (Lipinski definition) is 1. The van der Waals surface area contributed by atoms with E-state index in [1.165, 1.54) is 11.1 Å². The smallest absolute Gasteiger partial charge is 0.306 e. The lowest BCUT2D eigenvalue weighted by molar-refractivity contribution is -0.145. The largest absolute Gasteiger partial charge is 0.493 e. The zero-order valence-electron chi connectivity index (χ0n) is 13.1. The maximum absolute atomic E-state index is 10.9. The number of ether oxygens (including phenoxy) is 1. The number of hydrogen-bond acceptors (Lipinski definition) is 3. The summed E-state index contributed by atoms with van der Waals surface area (Å²) in [6.45, 7) is 9.41. The highest BCUT2D eigenvalue weighted by atomic mass is 16.5. The first-order valence-corrected chi connectivity index (χ1v) is 7.62. The van der Waals surface area contributed by atoms with Gasteiger partial charge in [0.1, 0.15) is 5.75 Å². The standard InChI is InChI=1S/C17H25NO3/c1-12-5-6-13(2)16(9-12)21-8-4-7-18-10-15(11-18)14(3)17(19)20/h5-6,9,14-15H,4,7-8,10-11H2,1-3H3,(H,19,20). The van der Waals surface area contributed by atoms with Crippen LogP contribution in [0.5, 0.6) is 5.75 Å². The molecule has 116 valence electrons. The second kappa shape index (κ2) is 6.94. The predicted octanol–water partition coefficient (Wildman–Crippen LogP) is 2.72. The molecule has 2 rings (SSSR count). The third kappa shape index (κ3) is 4.21. The first-order valence-electron chi connectivity index (χ1n) is 7.62. The van der Waals surface area contributed by atoms with Crippen LogP contribution in [0.15, 0.2) is 18.2 Å². The highest BCUT2D eigenvalue weighted by Crippen LogP contribution is 2.24. The van der Waals surface area contributed by atoms with Crippen molar-refractivity contribution in [2.75, 3.05) is 26.2 Å². The summed E-state index contributed by atoms with van der Waals surface area (Å²) < 4.78 is 5.83. The number of benzene rings is 1. The average molecular weight is 291 g/mol. The Morgan fingerprint density at radius 1 is 1.43 bits per heavy atom. The van der Waals surface area contributed by atoms with Crippen LogP contribution in [-0.2, 0) is 4.79 Å². The van der Waals surface area contributed by atoms with Crippen molar-refractivity contribution in [1.29, 1.82) is 0 Å². The molecule has 1 aliphatic heterocycles. The van der Waals surface area contributed by atoms with Crippen molar-refractivity contribution in [3.8, 4) is 5.75 Å². The van der Waals surface area contributed by atoms with Crippen LogP contribution >= 0.6 is 0 Å². The number of carboxylic acids is 1. The molecule has 4 heteroatoms. The van der Waals surface area contributed by atoms with E-state index in [2.05, 4.69) is 36.9 Å². The molecule has 1 aromatic carbocycles. The average Bonchev–Trinajstić information content (AvgIpc) is 2.39.